The Bertz CT molecular complexity index is 602. The molecule has 132 valence electrons. The van der Waals surface area contributed by atoms with Crippen molar-refractivity contribution in [3.8, 4) is 0 Å². The van der Waals surface area contributed by atoms with Crippen LogP contribution in [0, 0.1) is 17.6 Å². The zero-order chi connectivity index (χ0) is 17.2. The average molecular weight is 339 g/mol. The Hall–Kier alpha value is -1.53. The molecule has 24 heavy (non-hydrogen) atoms. The fraction of sp³-hybridized carbons (Fsp3) is 0.611. The van der Waals surface area contributed by atoms with Gasteiger partial charge in [-0.25, -0.2) is 8.78 Å². The van der Waals surface area contributed by atoms with Crippen molar-refractivity contribution in [3.63, 3.8) is 0 Å². The predicted octanol–water partition coefficient (Wildman–Crippen LogP) is 2.24. The molecule has 3 rings (SSSR count). The number of piperidine rings is 1. The molecule has 0 spiro atoms. The molecule has 1 N–H and O–H groups in total. The number of carbonyl (C=O) groups excluding carboxylic acids is 1. The standard InChI is InChI=1S/C18H23F2NO3/c19-14-3-4-15(16(20)10-14)18(5-8-24-9-6-18)17(23)21-7-1-2-13(11-21)12-22/h3-4,10,13,22H,1-2,5-9,11-12H2. The maximum absolute atomic E-state index is 14.5. The summed E-state index contributed by atoms with van der Waals surface area (Å²) in [6.45, 7) is 1.89. The number of hydrogen-bond donors (Lipinski definition) is 1. The number of halogens is 2. The van der Waals surface area contributed by atoms with Gasteiger partial charge in [-0.05, 0) is 37.7 Å². The van der Waals surface area contributed by atoms with E-state index >= 15 is 0 Å². The first-order valence-corrected chi connectivity index (χ1v) is 8.50. The van der Waals surface area contributed by atoms with E-state index in [1.165, 1.54) is 12.1 Å². The third-order valence-electron chi connectivity index (χ3n) is 5.27. The lowest BCUT2D eigenvalue weighted by molar-refractivity contribution is -0.143. The lowest BCUT2D eigenvalue weighted by atomic mass is 9.72. The lowest BCUT2D eigenvalue weighted by Gasteiger charge is -2.42. The molecule has 0 radical (unpaired) electrons. The summed E-state index contributed by atoms with van der Waals surface area (Å²) in [7, 11) is 0. The van der Waals surface area contributed by atoms with Gasteiger partial charge in [0.05, 0.1) is 5.41 Å². The molecular formula is C18H23F2NO3. The van der Waals surface area contributed by atoms with Gasteiger partial charge in [-0.3, -0.25) is 4.79 Å². The third-order valence-corrected chi connectivity index (χ3v) is 5.27. The van der Waals surface area contributed by atoms with Gasteiger partial charge in [-0.2, -0.15) is 0 Å². The Morgan fingerprint density at radius 1 is 1.33 bits per heavy atom. The van der Waals surface area contributed by atoms with E-state index in [2.05, 4.69) is 0 Å². The van der Waals surface area contributed by atoms with Crippen molar-refractivity contribution in [2.75, 3.05) is 32.9 Å². The van der Waals surface area contributed by atoms with Crippen molar-refractivity contribution in [3.05, 3.63) is 35.4 Å². The molecule has 1 aromatic rings. The van der Waals surface area contributed by atoms with Gasteiger partial charge >= 0.3 is 0 Å². The second-order valence-electron chi connectivity index (χ2n) is 6.76. The van der Waals surface area contributed by atoms with Gasteiger partial charge in [-0.15, -0.1) is 0 Å². The van der Waals surface area contributed by atoms with Gasteiger partial charge in [0, 0.05) is 44.5 Å². The summed E-state index contributed by atoms with van der Waals surface area (Å²) in [6, 6.07) is 3.43. The highest BCUT2D eigenvalue weighted by atomic mass is 19.1. The van der Waals surface area contributed by atoms with E-state index in [9.17, 15) is 18.7 Å². The van der Waals surface area contributed by atoms with Crippen LogP contribution in [0.5, 0.6) is 0 Å². The zero-order valence-electron chi connectivity index (χ0n) is 13.6. The quantitative estimate of drug-likeness (QED) is 0.919. The van der Waals surface area contributed by atoms with E-state index < -0.39 is 17.0 Å². The first-order valence-electron chi connectivity index (χ1n) is 8.50. The molecule has 1 atom stereocenters. The number of carbonyl (C=O) groups is 1. The third kappa shape index (κ3) is 3.17. The summed E-state index contributed by atoms with van der Waals surface area (Å²) in [5.41, 5.74) is -0.753. The van der Waals surface area contributed by atoms with Crippen LogP contribution >= 0.6 is 0 Å². The zero-order valence-corrected chi connectivity index (χ0v) is 13.6. The molecule has 2 aliphatic rings. The van der Waals surface area contributed by atoms with E-state index in [0.29, 0.717) is 39.1 Å². The molecule has 2 heterocycles. The molecule has 6 heteroatoms. The van der Waals surface area contributed by atoms with Crippen LogP contribution in [-0.2, 0) is 14.9 Å². The summed E-state index contributed by atoms with van der Waals surface area (Å²) < 4.78 is 33.1. The van der Waals surface area contributed by atoms with Crippen molar-refractivity contribution in [1.82, 2.24) is 4.90 Å². The summed E-state index contributed by atoms with van der Waals surface area (Å²) in [4.78, 5) is 15.0. The van der Waals surface area contributed by atoms with Gasteiger partial charge in [0.25, 0.3) is 0 Å². The number of benzene rings is 1. The largest absolute Gasteiger partial charge is 0.396 e. The Balaban J connectivity index is 1.94. The normalized spacial score (nSPS) is 24.0. The highest BCUT2D eigenvalue weighted by Crippen LogP contribution is 2.39. The Kier molecular flexibility index (Phi) is 5.15. The number of amides is 1. The van der Waals surface area contributed by atoms with Gasteiger partial charge in [0.2, 0.25) is 5.91 Å². The first-order chi connectivity index (χ1) is 11.6. The van der Waals surface area contributed by atoms with Crippen molar-refractivity contribution in [2.45, 2.75) is 31.1 Å². The van der Waals surface area contributed by atoms with Crippen LogP contribution in [0.3, 0.4) is 0 Å². The number of aliphatic hydroxyl groups is 1. The van der Waals surface area contributed by atoms with E-state index in [1.807, 2.05) is 0 Å². The number of ether oxygens (including phenoxy) is 1. The van der Waals surface area contributed by atoms with E-state index in [1.54, 1.807) is 4.90 Å². The minimum absolute atomic E-state index is 0.0464. The molecular weight excluding hydrogens is 316 g/mol. The summed E-state index contributed by atoms with van der Waals surface area (Å²) in [5.74, 6) is -1.39. The molecule has 2 aliphatic heterocycles. The van der Waals surface area contributed by atoms with Crippen LogP contribution in [-0.4, -0.2) is 48.8 Å². The number of likely N-dealkylation sites (tertiary alicyclic amines) is 1. The minimum Gasteiger partial charge on any atom is -0.396 e. The molecule has 1 aromatic carbocycles. The topological polar surface area (TPSA) is 49.8 Å². The van der Waals surface area contributed by atoms with Crippen LogP contribution in [0.4, 0.5) is 8.78 Å². The van der Waals surface area contributed by atoms with Crippen molar-refractivity contribution in [1.29, 1.82) is 0 Å². The molecule has 0 aliphatic carbocycles. The van der Waals surface area contributed by atoms with Gasteiger partial charge < -0.3 is 14.7 Å². The molecule has 2 saturated heterocycles. The Labute approximate surface area is 140 Å². The van der Waals surface area contributed by atoms with Crippen LogP contribution in [0.2, 0.25) is 0 Å². The van der Waals surface area contributed by atoms with Gasteiger partial charge in [-0.1, -0.05) is 6.07 Å². The SMILES string of the molecule is O=C(N1CCCC(CO)C1)C1(c2ccc(F)cc2F)CCOCC1. The Morgan fingerprint density at radius 2 is 2.08 bits per heavy atom. The lowest BCUT2D eigenvalue weighted by Crippen LogP contribution is -2.53. The van der Waals surface area contributed by atoms with Crippen molar-refractivity contribution < 1.29 is 23.4 Å². The van der Waals surface area contributed by atoms with Gasteiger partial charge in [0.1, 0.15) is 11.6 Å². The monoisotopic (exact) mass is 339 g/mol. The highest BCUT2D eigenvalue weighted by Gasteiger charge is 2.46. The Morgan fingerprint density at radius 3 is 2.75 bits per heavy atom. The fourth-order valence-electron chi connectivity index (χ4n) is 3.90. The van der Waals surface area contributed by atoms with Crippen molar-refractivity contribution in [2.24, 2.45) is 5.92 Å². The highest BCUT2D eigenvalue weighted by molar-refractivity contribution is 5.88. The molecule has 4 nitrogen and oxygen atoms in total. The first kappa shape index (κ1) is 17.3. The second kappa shape index (κ2) is 7.15. The number of hydrogen-bond acceptors (Lipinski definition) is 3. The summed E-state index contributed by atoms with van der Waals surface area (Å²) >= 11 is 0. The van der Waals surface area contributed by atoms with Crippen molar-refractivity contribution >= 4 is 5.91 Å². The summed E-state index contributed by atoms with van der Waals surface area (Å²) in [6.07, 6.45) is 2.49. The van der Waals surface area contributed by atoms with Crippen LogP contribution in [0.25, 0.3) is 0 Å². The maximum atomic E-state index is 14.5. The molecule has 1 amide bonds. The molecule has 0 bridgehead atoms. The van der Waals surface area contributed by atoms with E-state index in [0.717, 1.165) is 18.9 Å². The second-order valence-corrected chi connectivity index (χ2v) is 6.76. The van der Waals surface area contributed by atoms with Crippen LogP contribution < -0.4 is 0 Å². The molecule has 2 fully saturated rings. The van der Waals surface area contributed by atoms with E-state index in [4.69, 9.17) is 4.74 Å². The summed E-state index contributed by atoms with van der Waals surface area (Å²) in [5, 5.41) is 9.40. The fourth-order valence-corrected chi connectivity index (χ4v) is 3.90. The minimum atomic E-state index is -1.01. The van der Waals surface area contributed by atoms with Gasteiger partial charge in [0.15, 0.2) is 0 Å². The number of aliphatic hydroxyl groups excluding tert-OH is 1. The van der Waals surface area contributed by atoms with Crippen LogP contribution in [0.1, 0.15) is 31.2 Å². The van der Waals surface area contributed by atoms with E-state index in [-0.39, 0.29) is 24.0 Å². The molecule has 0 aromatic heterocycles. The average Bonchev–Trinajstić information content (AvgIpc) is 2.61. The predicted molar refractivity (Wildman–Crippen MR) is 84.5 cm³/mol. The van der Waals surface area contributed by atoms with Crippen LogP contribution in [0.15, 0.2) is 18.2 Å². The molecule has 0 saturated carbocycles. The number of rotatable bonds is 3. The smallest absolute Gasteiger partial charge is 0.233 e. The maximum Gasteiger partial charge on any atom is 0.233 e. The molecule has 1 unspecified atom stereocenters. The number of nitrogens with zero attached hydrogens (tertiary/aromatic N) is 1.